The van der Waals surface area contributed by atoms with E-state index in [2.05, 4.69) is 41.7 Å². The number of methoxy groups -OCH3 is 1. The number of nitrogens with one attached hydrogen (secondary N) is 1. The van der Waals surface area contributed by atoms with E-state index in [9.17, 15) is 9.59 Å². The molecule has 0 bridgehead atoms. The maximum atomic E-state index is 13.0. The van der Waals surface area contributed by atoms with E-state index in [-0.39, 0.29) is 6.03 Å². The molecule has 1 aliphatic heterocycles. The molecule has 1 fully saturated rings. The average molecular weight is 485 g/mol. The third-order valence-electron chi connectivity index (χ3n) is 7.59. The highest BCUT2D eigenvalue weighted by molar-refractivity contribution is 6.04. The van der Waals surface area contributed by atoms with E-state index in [1.54, 1.807) is 12.0 Å². The van der Waals surface area contributed by atoms with Gasteiger partial charge in [0.15, 0.2) is 0 Å². The summed E-state index contributed by atoms with van der Waals surface area (Å²) < 4.78 is 5.35. The van der Waals surface area contributed by atoms with Gasteiger partial charge in [-0.3, -0.25) is 9.69 Å². The fourth-order valence-corrected chi connectivity index (χ4v) is 5.62. The van der Waals surface area contributed by atoms with Crippen LogP contribution in [0.3, 0.4) is 0 Å². The summed E-state index contributed by atoms with van der Waals surface area (Å²) in [5.74, 6) is 0.787. The molecule has 1 saturated carbocycles. The quantitative estimate of drug-likeness (QED) is 0.408. The molecule has 0 aromatic heterocycles. The Morgan fingerprint density at radius 1 is 0.972 bits per heavy atom. The van der Waals surface area contributed by atoms with Crippen LogP contribution in [0.15, 0.2) is 66.7 Å². The van der Waals surface area contributed by atoms with E-state index in [1.165, 1.54) is 11.1 Å². The average Bonchev–Trinajstić information content (AvgIpc) is 3.33. The molecule has 2 amide bonds. The van der Waals surface area contributed by atoms with Gasteiger partial charge in [-0.15, -0.1) is 0 Å². The highest BCUT2D eigenvalue weighted by Gasteiger charge is 2.26. The van der Waals surface area contributed by atoms with Gasteiger partial charge in [0.1, 0.15) is 5.75 Å². The Morgan fingerprint density at radius 2 is 1.69 bits per heavy atom. The minimum atomic E-state index is -0.683. The fourth-order valence-electron chi connectivity index (χ4n) is 5.62. The van der Waals surface area contributed by atoms with Gasteiger partial charge in [0, 0.05) is 18.7 Å². The summed E-state index contributed by atoms with van der Waals surface area (Å²) in [4.78, 5) is 25.8. The molecule has 0 spiro atoms. The maximum absolute atomic E-state index is 13.0. The van der Waals surface area contributed by atoms with Crippen molar-refractivity contribution in [1.82, 2.24) is 0 Å². The minimum absolute atomic E-state index is 0.159. The number of benzene rings is 3. The molecule has 6 heteroatoms. The Labute approximate surface area is 211 Å². The number of para-hydroxylation sites is 2. The first kappa shape index (κ1) is 23.9. The number of ether oxygens (including phenoxy) is 1. The zero-order chi connectivity index (χ0) is 25.1. The van der Waals surface area contributed by atoms with Gasteiger partial charge < -0.3 is 15.2 Å². The van der Waals surface area contributed by atoms with E-state index in [0.717, 1.165) is 48.9 Å². The summed E-state index contributed by atoms with van der Waals surface area (Å²) in [7, 11) is 1.59. The van der Waals surface area contributed by atoms with E-state index < -0.39 is 5.97 Å². The van der Waals surface area contributed by atoms with Crippen LogP contribution in [0.4, 0.5) is 16.2 Å². The molecule has 36 heavy (non-hydrogen) atoms. The molecule has 2 aliphatic rings. The molecule has 186 valence electrons. The Kier molecular flexibility index (Phi) is 6.94. The van der Waals surface area contributed by atoms with Crippen molar-refractivity contribution in [3.05, 3.63) is 77.9 Å². The number of urea groups is 1. The number of nitrogens with zero attached hydrogens (tertiary/aromatic N) is 1. The SMILES string of the molecule is COc1ccccc1NC(=O)N1CCc2cc(-c3ccc(C4CCC(CC(=O)O)CC4)cc3)ccc21. The van der Waals surface area contributed by atoms with Crippen molar-refractivity contribution >= 4 is 23.4 Å². The second-order valence-electron chi connectivity index (χ2n) is 9.81. The Morgan fingerprint density at radius 3 is 2.42 bits per heavy atom. The summed E-state index contributed by atoms with van der Waals surface area (Å²) in [6, 6.07) is 22.4. The van der Waals surface area contributed by atoms with Crippen molar-refractivity contribution in [2.75, 3.05) is 23.9 Å². The van der Waals surface area contributed by atoms with Gasteiger partial charge >= 0.3 is 12.0 Å². The van der Waals surface area contributed by atoms with Crippen molar-refractivity contribution in [1.29, 1.82) is 0 Å². The van der Waals surface area contributed by atoms with Gasteiger partial charge in [-0.2, -0.15) is 0 Å². The van der Waals surface area contributed by atoms with Crippen molar-refractivity contribution in [3.8, 4) is 16.9 Å². The van der Waals surface area contributed by atoms with E-state index >= 15 is 0 Å². The van der Waals surface area contributed by atoms with Crippen molar-refractivity contribution in [3.63, 3.8) is 0 Å². The molecule has 1 aliphatic carbocycles. The molecule has 5 rings (SSSR count). The normalized spacial score (nSPS) is 19.0. The van der Waals surface area contributed by atoms with E-state index in [1.807, 2.05) is 30.3 Å². The predicted molar refractivity (Wildman–Crippen MR) is 142 cm³/mol. The number of aliphatic carboxylic acids is 1. The third kappa shape index (κ3) is 5.08. The second-order valence-corrected chi connectivity index (χ2v) is 9.81. The number of carbonyl (C=O) groups is 2. The molecule has 3 aromatic rings. The van der Waals surface area contributed by atoms with Crippen LogP contribution < -0.4 is 15.0 Å². The number of carboxylic acid groups (broad SMARTS) is 1. The Balaban J connectivity index is 1.25. The number of amides is 2. The zero-order valence-corrected chi connectivity index (χ0v) is 20.6. The molecular weight excluding hydrogens is 452 g/mol. The molecule has 2 N–H and O–H groups in total. The fraction of sp³-hybridized carbons (Fsp3) is 0.333. The summed E-state index contributed by atoms with van der Waals surface area (Å²) in [5, 5.41) is 12.0. The number of anilines is 2. The number of fused-ring (bicyclic) bond motifs is 1. The monoisotopic (exact) mass is 484 g/mol. The maximum Gasteiger partial charge on any atom is 0.326 e. The predicted octanol–water partition coefficient (Wildman–Crippen LogP) is 6.71. The van der Waals surface area contributed by atoms with Crippen LogP contribution in [0.5, 0.6) is 5.75 Å². The standard InChI is InChI=1S/C30H32N2O4/c1-36-28-5-3-2-4-26(28)31-30(35)32-17-16-25-19-24(14-15-27(25)32)23-12-10-22(11-13-23)21-8-6-20(7-9-21)18-29(33)34/h2-5,10-15,19-21H,6-9,16-18H2,1H3,(H,31,35)(H,33,34). The van der Waals surface area contributed by atoms with Crippen LogP contribution in [0.1, 0.15) is 49.1 Å². The summed E-state index contributed by atoms with van der Waals surface area (Å²) in [6.07, 6.45) is 5.21. The number of carboxylic acids is 1. The second kappa shape index (κ2) is 10.4. The topological polar surface area (TPSA) is 78.9 Å². The summed E-state index contributed by atoms with van der Waals surface area (Å²) in [5.41, 5.74) is 6.43. The number of hydrogen-bond donors (Lipinski definition) is 2. The Hall–Kier alpha value is -3.80. The van der Waals surface area contributed by atoms with Crippen LogP contribution >= 0.6 is 0 Å². The number of hydrogen-bond acceptors (Lipinski definition) is 3. The largest absolute Gasteiger partial charge is 0.495 e. The third-order valence-corrected chi connectivity index (χ3v) is 7.59. The summed E-state index contributed by atoms with van der Waals surface area (Å²) in [6.45, 7) is 0.642. The Bertz CT molecular complexity index is 1250. The molecule has 6 nitrogen and oxygen atoms in total. The van der Waals surface area contributed by atoms with Crippen molar-refractivity contribution < 1.29 is 19.4 Å². The van der Waals surface area contributed by atoms with Gasteiger partial charge in [-0.05, 0) is 90.5 Å². The summed E-state index contributed by atoms with van der Waals surface area (Å²) >= 11 is 0. The molecule has 0 unspecified atom stereocenters. The molecule has 0 atom stereocenters. The van der Waals surface area contributed by atoms with Crippen LogP contribution in [0.25, 0.3) is 11.1 Å². The van der Waals surface area contributed by atoms with Gasteiger partial charge in [0.2, 0.25) is 0 Å². The lowest BCUT2D eigenvalue weighted by atomic mass is 9.77. The highest BCUT2D eigenvalue weighted by atomic mass is 16.5. The lowest BCUT2D eigenvalue weighted by molar-refractivity contribution is -0.138. The molecule has 0 saturated heterocycles. The lowest BCUT2D eigenvalue weighted by Crippen LogP contribution is -2.33. The molecule has 1 heterocycles. The van der Waals surface area contributed by atoms with E-state index in [4.69, 9.17) is 9.84 Å². The number of carbonyl (C=O) groups excluding carboxylic acids is 1. The van der Waals surface area contributed by atoms with Crippen molar-refractivity contribution in [2.45, 2.75) is 44.4 Å². The minimum Gasteiger partial charge on any atom is -0.495 e. The van der Waals surface area contributed by atoms with Crippen LogP contribution in [-0.2, 0) is 11.2 Å². The first-order valence-corrected chi connectivity index (χ1v) is 12.7. The molecule has 0 radical (unpaired) electrons. The van der Waals surface area contributed by atoms with Gasteiger partial charge in [-0.1, -0.05) is 42.5 Å². The van der Waals surface area contributed by atoms with Crippen LogP contribution in [0.2, 0.25) is 0 Å². The van der Waals surface area contributed by atoms with Gasteiger partial charge in [-0.25, -0.2) is 4.79 Å². The van der Waals surface area contributed by atoms with Gasteiger partial charge in [0.05, 0.1) is 12.8 Å². The first-order valence-electron chi connectivity index (χ1n) is 12.7. The highest BCUT2D eigenvalue weighted by Crippen LogP contribution is 2.38. The molecular formula is C30H32N2O4. The first-order chi connectivity index (χ1) is 17.5. The zero-order valence-electron chi connectivity index (χ0n) is 20.6. The molecule has 3 aromatic carbocycles. The lowest BCUT2D eigenvalue weighted by Gasteiger charge is -2.28. The smallest absolute Gasteiger partial charge is 0.326 e. The van der Waals surface area contributed by atoms with Crippen molar-refractivity contribution in [2.24, 2.45) is 5.92 Å². The number of rotatable bonds is 6. The van der Waals surface area contributed by atoms with E-state index in [0.29, 0.717) is 36.2 Å². The van der Waals surface area contributed by atoms with Crippen LogP contribution in [-0.4, -0.2) is 30.8 Å². The van der Waals surface area contributed by atoms with Gasteiger partial charge in [0.25, 0.3) is 0 Å². The van der Waals surface area contributed by atoms with Crippen LogP contribution in [0, 0.1) is 5.92 Å².